The maximum Gasteiger partial charge on any atom is 0.343 e. The number of cyclic esters (lactones) is 1. The second-order valence-electron chi connectivity index (χ2n) is 5.40. The molecule has 1 aliphatic rings. The first-order chi connectivity index (χ1) is 12.3. The molecule has 3 rings (SSSR count). The number of halogens is 3. The van der Waals surface area contributed by atoms with E-state index in [1.807, 2.05) is 24.3 Å². The summed E-state index contributed by atoms with van der Waals surface area (Å²) in [6.07, 6.45) is 3.21. The maximum atomic E-state index is 12.2. The fraction of sp³-hybridized carbons (Fsp3) is 0.0526. The molecule has 7 heteroatoms. The minimum absolute atomic E-state index is 0.285. The van der Waals surface area contributed by atoms with Crippen molar-refractivity contribution < 1.29 is 19.1 Å². The molecule has 1 aliphatic heterocycles. The summed E-state index contributed by atoms with van der Waals surface area (Å²) in [6.45, 7) is 1.30. The van der Waals surface area contributed by atoms with E-state index in [-0.39, 0.29) is 5.75 Å². The van der Waals surface area contributed by atoms with Gasteiger partial charge in [-0.05, 0) is 52.3 Å². The molecular formula is C19H11Br2ClO4. The smallest absolute Gasteiger partial charge is 0.343 e. The van der Waals surface area contributed by atoms with E-state index in [0.29, 0.717) is 26.4 Å². The number of esters is 2. The average Bonchev–Trinajstić information content (AvgIpc) is 2.92. The summed E-state index contributed by atoms with van der Waals surface area (Å²) in [5.74, 6) is -0.239. The molecule has 0 fully saturated rings. The molecule has 0 aromatic heterocycles. The first-order valence-electron chi connectivity index (χ1n) is 7.42. The zero-order valence-electron chi connectivity index (χ0n) is 13.4. The van der Waals surface area contributed by atoms with Crippen LogP contribution in [0.1, 0.15) is 18.1 Å². The number of carbonyl (C=O) groups is 2. The predicted molar refractivity (Wildman–Crippen MR) is 107 cm³/mol. The molecule has 0 amide bonds. The van der Waals surface area contributed by atoms with E-state index >= 15 is 0 Å². The molecule has 0 spiro atoms. The van der Waals surface area contributed by atoms with Crippen molar-refractivity contribution in [2.24, 2.45) is 0 Å². The lowest BCUT2D eigenvalue weighted by atomic mass is 10.1. The monoisotopic (exact) mass is 496 g/mol. The Hall–Kier alpha value is -1.89. The summed E-state index contributed by atoms with van der Waals surface area (Å²) in [4.78, 5) is 23.6. The van der Waals surface area contributed by atoms with E-state index in [1.54, 1.807) is 24.3 Å². The number of benzene rings is 2. The van der Waals surface area contributed by atoms with Crippen LogP contribution in [0.2, 0.25) is 5.02 Å². The highest BCUT2D eigenvalue weighted by molar-refractivity contribution is 9.10. The van der Waals surface area contributed by atoms with E-state index in [0.717, 1.165) is 10.0 Å². The SMILES string of the molecule is CC(=O)Oc1c(Br)cc(Cl)cc1/C=C1\C=C(c2ccc(Br)cc2)OC1=O. The van der Waals surface area contributed by atoms with Crippen LogP contribution in [0.25, 0.3) is 11.8 Å². The maximum absolute atomic E-state index is 12.2. The van der Waals surface area contributed by atoms with Gasteiger partial charge in [-0.15, -0.1) is 0 Å². The van der Waals surface area contributed by atoms with Gasteiger partial charge in [0.2, 0.25) is 0 Å². The minimum atomic E-state index is -0.493. The zero-order valence-corrected chi connectivity index (χ0v) is 17.3. The van der Waals surface area contributed by atoms with Crippen LogP contribution in [0.5, 0.6) is 5.75 Å². The summed E-state index contributed by atoms with van der Waals surface area (Å²) in [7, 11) is 0. The van der Waals surface area contributed by atoms with Crippen molar-refractivity contribution in [1.29, 1.82) is 0 Å². The second kappa shape index (κ2) is 7.78. The Morgan fingerprint density at radius 2 is 1.88 bits per heavy atom. The van der Waals surface area contributed by atoms with Gasteiger partial charge in [-0.3, -0.25) is 4.79 Å². The summed E-state index contributed by atoms with van der Waals surface area (Å²) in [6, 6.07) is 10.6. The zero-order chi connectivity index (χ0) is 18.8. The molecular weight excluding hydrogens is 487 g/mol. The van der Waals surface area contributed by atoms with Gasteiger partial charge >= 0.3 is 11.9 Å². The molecule has 0 radical (unpaired) electrons. The van der Waals surface area contributed by atoms with E-state index in [4.69, 9.17) is 21.1 Å². The number of hydrogen-bond acceptors (Lipinski definition) is 4. The van der Waals surface area contributed by atoms with Crippen LogP contribution in [0, 0.1) is 0 Å². The van der Waals surface area contributed by atoms with E-state index in [2.05, 4.69) is 31.9 Å². The van der Waals surface area contributed by atoms with Gasteiger partial charge in [-0.2, -0.15) is 0 Å². The van der Waals surface area contributed by atoms with Crippen molar-refractivity contribution in [1.82, 2.24) is 0 Å². The highest BCUT2D eigenvalue weighted by Gasteiger charge is 2.23. The van der Waals surface area contributed by atoms with Gasteiger partial charge in [-0.25, -0.2) is 4.79 Å². The number of hydrogen-bond donors (Lipinski definition) is 0. The Balaban J connectivity index is 2.03. The van der Waals surface area contributed by atoms with Crippen molar-refractivity contribution in [2.75, 3.05) is 0 Å². The molecule has 1 heterocycles. The fourth-order valence-corrected chi connectivity index (χ4v) is 3.53. The van der Waals surface area contributed by atoms with E-state index in [9.17, 15) is 9.59 Å². The highest BCUT2D eigenvalue weighted by atomic mass is 79.9. The molecule has 26 heavy (non-hydrogen) atoms. The second-order valence-corrected chi connectivity index (χ2v) is 7.61. The lowest BCUT2D eigenvalue weighted by Gasteiger charge is -2.09. The Morgan fingerprint density at radius 3 is 2.54 bits per heavy atom. The Kier molecular flexibility index (Phi) is 5.65. The van der Waals surface area contributed by atoms with Crippen LogP contribution in [0.4, 0.5) is 0 Å². The van der Waals surface area contributed by atoms with E-state index < -0.39 is 11.9 Å². The first-order valence-corrected chi connectivity index (χ1v) is 9.39. The van der Waals surface area contributed by atoms with Crippen LogP contribution in [-0.2, 0) is 14.3 Å². The lowest BCUT2D eigenvalue weighted by molar-refractivity contribution is -0.132. The topological polar surface area (TPSA) is 52.6 Å². The van der Waals surface area contributed by atoms with Crippen molar-refractivity contribution in [3.8, 4) is 5.75 Å². The van der Waals surface area contributed by atoms with Crippen LogP contribution in [-0.4, -0.2) is 11.9 Å². The van der Waals surface area contributed by atoms with Crippen molar-refractivity contribution in [3.05, 3.63) is 73.1 Å². The standard InChI is InChI=1S/C19H11Br2ClO4/c1-10(23)25-18-12(7-15(22)9-16(18)21)6-13-8-17(26-19(13)24)11-2-4-14(20)5-3-11/h2-9H,1H3/b13-6+. The summed E-state index contributed by atoms with van der Waals surface area (Å²) >= 11 is 12.8. The van der Waals surface area contributed by atoms with Gasteiger partial charge in [0, 0.05) is 27.5 Å². The number of carbonyl (C=O) groups excluding carboxylic acids is 2. The highest BCUT2D eigenvalue weighted by Crippen LogP contribution is 2.36. The van der Waals surface area contributed by atoms with Crippen LogP contribution in [0.3, 0.4) is 0 Å². The molecule has 2 aromatic carbocycles. The third-order valence-corrected chi connectivity index (χ3v) is 4.78. The molecule has 0 atom stereocenters. The quantitative estimate of drug-likeness (QED) is 0.306. The van der Waals surface area contributed by atoms with Gasteiger partial charge in [0.15, 0.2) is 5.75 Å². The molecule has 0 N–H and O–H groups in total. The van der Waals surface area contributed by atoms with Gasteiger partial charge in [0.05, 0.1) is 10.0 Å². The predicted octanol–water partition coefficient (Wildman–Crippen LogP) is 5.77. The molecule has 0 aliphatic carbocycles. The first kappa shape index (κ1) is 18.9. The van der Waals surface area contributed by atoms with Crippen LogP contribution < -0.4 is 4.74 Å². The Bertz CT molecular complexity index is 962. The largest absolute Gasteiger partial charge is 0.425 e. The third kappa shape index (κ3) is 4.26. The number of ether oxygens (including phenoxy) is 2. The van der Waals surface area contributed by atoms with Gasteiger partial charge in [-0.1, -0.05) is 39.7 Å². The summed E-state index contributed by atoms with van der Waals surface area (Å²) < 4.78 is 12.0. The van der Waals surface area contributed by atoms with Gasteiger partial charge < -0.3 is 9.47 Å². The number of rotatable bonds is 3. The van der Waals surface area contributed by atoms with Gasteiger partial charge in [0.1, 0.15) is 5.76 Å². The minimum Gasteiger partial charge on any atom is -0.425 e. The molecule has 0 unspecified atom stereocenters. The molecule has 4 nitrogen and oxygen atoms in total. The molecule has 132 valence electrons. The molecule has 2 aromatic rings. The molecule has 0 bridgehead atoms. The third-order valence-electron chi connectivity index (χ3n) is 3.45. The lowest BCUT2D eigenvalue weighted by Crippen LogP contribution is -2.04. The Labute approximate surface area is 171 Å². The Morgan fingerprint density at radius 1 is 1.19 bits per heavy atom. The molecule has 0 saturated carbocycles. The van der Waals surface area contributed by atoms with E-state index in [1.165, 1.54) is 6.92 Å². The van der Waals surface area contributed by atoms with Gasteiger partial charge in [0.25, 0.3) is 0 Å². The van der Waals surface area contributed by atoms with Crippen molar-refractivity contribution in [3.63, 3.8) is 0 Å². The fourth-order valence-electron chi connectivity index (χ4n) is 2.35. The average molecular weight is 499 g/mol. The van der Waals surface area contributed by atoms with Crippen LogP contribution >= 0.6 is 43.5 Å². The normalized spacial score (nSPS) is 15.0. The summed E-state index contributed by atoms with van der Waals surface area (Å²) in [5, 5.41) is 0.433. The van der Waals surface area contributed by atoms with Crippen molar-refractivity contribution in [2.45, 2.75) is 6.92 Å². The van der Waals surface area contributed by atoms with Crippen molar-refractivity contribution >= 4 is 67.2 Å². The summed E-state index contributed by atoms with van der Waals surface area (Å²) in [5.41, 5.74) is 1.59. The molecule has 0 saturated heterocycles. The van der Waals surface area contributed by atoms with Crippen LogP contribution in [0.15, 0.2) is 57.0 Å².